The molecule has 10 nitrogen and oxygen atoms in total. The van der Waals surface area contributed by atoms with Crippen molar-refractivity contribution in [3.8, 4) is 0 Å². The molecule has 2 atom stereocenters. The number of nitrogens with one attached hydrogen (secondary N) is 3. The molecule has 1 aromatic rings. The third kappa shape index (κ3) is 5.67. The van der Waals surface area contributed by atoms with Crippen LogP contribution in [0, 0.1) is 5.92 Å². The Labute approximate surface area is 170 Å². The van der Waals surface area contributed by atoms with Crippen molar-refractivity contribution in [1.82, 2.24) is 20.5 Å². The van der Waals surface area contributed by atoms with E-state index in [1.807, 2.05) is 6.92 Å². The molecule has 1 saturated heterocycles. The standard InChI is InChI=1S/C18H27N5O5S/c1-3-12(2)15(20-18(19)26)17(25)22-21-16(24)13-7-6-8-14(11-13)29(27,28)23-9-4-5-10-23/h6-8,11-12,15H,3-5,9-10H2,1-2H3,(H,21,24)(H,22,25)(H3,19,20,26)/t12-,15-/m0/s1. The largest absolute Gasteiger partial charge is 0.352 e. The van der Waals surface area contributed by atoms with Gasteiger partial charge in [0, 0.05) is 18.7 Å². The van der Waals surface area contributed by atoms with Gasteiger partial charge in [-0.2, -0.15) is 4.31 Å². The minimum Gasteiger partial charge on any atom is -0.352 e. The molecule has 29 heavy (non-hydrogen) atoms. The van der Waals surface area contributed by atoms with E-state index in [2.05, 4.69) is 16.2 Å². The second-order valence-corrected chi connectivity index (χ2v) is 8.89. The Bertz CT molecular complexity index is 867. The Hall–Kier alpha value is -2.66. The van der Waals surface area contributed by atoms with E-state index in [1.165, 1.54) is 28.6 Å². The maximum absolute atomic E-state index is 12.6. The monoisotopic (exact) mass is 425 g/mol. The lowest BCUT2D eigenvalue weighted by molar-refractivity contribution is -0.124. The lowest BCUT2D eigenvalue weighted by Crippen LogP contribution is -2.55. The zero-order valence-corrected chi connectivity index (χ0v) is 17.3. The second-order valence-electron chi connectivity index (χ2n) is 6.95. The molecule has 1 aromatic carbocycles. The summed E-state index contributed by atoms with van der Waals surface area (Å²) >= 11 is 0. The molecular formula is C18H27N5O5S. The first kappa shape index (κ1) is 22.6. The number of amides is 4. The van der Waals surface area contributed by atoms with Crippen molar-refractivity contribution >= 4 is 27.9 Å². The minimum absolute atomic E-state index is 0.0197. The number of hydrogen-bond donors (Lipinski definition) is 4. The van der Waals surface area contributed by atoms with E-state index in [1.54, 1.807) is 6.92 Å². The van der Waals surface area contributed by atoms with Gasteiger partial charge in [0.2, 0.25) is 10.0 Å². The smallest absolute Gasteiger partial charge is 0.312 e. The van der Waals surface area contributed by atoms with E-state index in [0.717, 1.165) is 12.8 Å². The third-order valence-corrected chi connectivity index (χ3v) is 6.79. The first-order valence-electron chi connectivity index (χ1n) is 9.43. The Kier molecular flexibility index (Phi) is 7.57. The fourth-order valence-electron chi connectivity index (χ4n) is 3.00. The zero-order valence-electron chi connectivity index (χ0n) is 16.5. The fraction of sp³-hybridized carbons (Fsp3) is 0.500. The number of carbonyl (C=O) groups excluding carboxylic acids is 3. The van der Waals surface area contributed by atoms with Crippen molar-refractivity contribution < 1.29 is 22.8 Å². The van der Waals surface area contributed by atoms with Crippen LogP contribution in [-0.2, 0) is 14.8 Å². The number of sulfonamides is 1. The average Bonchev–Trinajstić information content (AvgIpc) is 3.25. The first-order chi connectivity index (χ1) is 13.7. The summed E-state index contributed by atoms with van der Waals surface area (Å²) in [5, 5.41) is 2.34. The van der Waals surface area contributed by atoms with Gasteiger partial charge in [-0.15, -0.1) is 0 Å². The molecule has 1 aliphatic heterocycles. The van der Waals surface area contributed by atoms with Gasteiger partial charge >= 0.3 is 6.03 Å². The molecule has 0 bridgehead atoms. The van der Waals surface area contributed by atoms with Crippen LogP contribution in [0.1, 0.15) is 43.5 Å². The SMILES string of the molecule is CC[C@H](C)[C@H](NC(N)=O)C(=O)NNC(=O)c1cccc(S(=O)(=O)N2CCCC2)c1. The number of hydrogen-bond acceptors (Lipinski definition) is 5. The molecule has 11 heteroatoms. The van der Waals surface area contributed by atoms with Gasteiger partial charge in [0.1, 0.15) is 6.04 Å². The fourth-order valence-corrected chi connectivity index (χ4v) is 4.56. The van der Waals surface area contributed by atoms with E-state index in [4.69, 9.17) is 5.73 Å². The molecule has 4 amide bonds. The molecule has 0 radical (unpaired) electrons. The van der Waals surface area contributed by atoms with Crippen molar-refractivity contribution in [2.45, 2.75) is 44.0 Å². The van der Waals surface area contributed by atoms with Gasteiger partial charge < -0.3 is 11.1 Å². The van der Waals surface area contributed by atoms with Crippen LogP contribution in [0.3, 0.4) is 0 Å². The van der Waals surface area contributed by atoms with Crippen molar-refractivity contribution in [3.05, 3.63) is 29.8 Å². The average molecular weight is 426 g/mol. The van der Waals surface area contributed by atoms with E-state index >= 15 is 0 Å². The summed E-state index contributed by atoms with van der Waals surface area (Å²) in [7, 11) is -3.66. The zero-order chi connectivity index (χ0) is 21.6. The van der Waals surface area contributed by atoms with Crippen LogP contribution >= 0.6 is 0 Å². The summed E-state index contributed by atoms with van der Waals surface area (Å²) in [5.74, 6) is -1.53. The number of benzene rings is 1. The highest BCUT2D eigenvalue weighted by molar-refractivity contribution is 7.89. The number of primary amides is 1. The lowest BCUT2D eigenvalue weighted by Gasteiger charge is -2.22. The third-order valence-electron chi connectivity index (χ3n) is 4.89. The van der Waals surface area contributed by atoms with Gasteiger partial charge in [0.05, 0.1) is 4.90 Å². The number of urea groups is 1. The van der Waals surface area contributed by atoms with Crippen molar-refractivity contribution in [2.24, 2.45) is 11.7 Å². The molecule has 0 unspecified atom stereocenters. The summed E-state index contributed by atoms with van der Waals surface area (Å²) < 4.78 is 26.7. The lowest BCUT2D eigenvalue weighted by atomic mass is 9.99. The predicted molar refractivity (Wildman–Crippen MR) is 106 cm³/mol. The summed E-state index contributed by atoms with van der Waals surface area (Å²) in [5.41, 5.74) is 9.67. The Balaban J connectivity index is 2.07. The highest BCUT2D eigenvalue weighted by Gasteiger charge is 2.28. The highest BCUT2D eigenvalue weighted by Crippen LogP contribution is 2.21. The number of hydrazine groups is 1. The van der Waals surface area contributed by atoms with Crippen molar-refractivity contribution in [3.63, 3.8) is 0 Å². The van der Waals surface area contributed by atoms with E-state index in [0.29, 0.717) is 19.5 Å². The van der Waals surface area contributed by atoms with Crippen LogP contribution < -0.4 is 21.9 Å². The van der Waals surface area contributed by atoms with E-state index in [-0.39, 0.29) is 16.4 Å². The van der Waals surface area contributed by atoms with Gasteiger partial charge in [-0.25, -0.2) is 13.2 Å². The highest BCUT2D eigenvalue weighted by atomic mass is 32.2. The number of nitrogens with two attached hydrogens (primary N) is 1. The number of nitrogens with zero attached hydrogens (tertiary/aromatic N) is 1. The van der Waals surface area contributed by atoms with E-state index in [9.17, 15) is 22.8 Å². The molecule has 0 spiro atoms. The molecule has 160 valence electrons. The summed E-state index contributed by atoms with van der Waals surface area (Å²) in [6, 6.07) is 3.84. The summed E-state index contributed by atoms with van der Waals surface area (Å²) in [6.07, 6.45) is 2.22. The van der Waals surface area contributed by atoms with Gasteiger partial charge in [-0.3, -0.25) is 20.4 Å². The molecule has 0 aromatic heterocycles. The normalized spacial score (nSPS) is 16.6. The van der Waals surface area contributed by atoms with Crippen LogP contribution in [0.15, 0.2) is 29.2 Å². The van der Waals surface area contributed by atoms with Crippen LogP contribution in [0.5, 0.6) is 0 Å². The quantitative estimate of drug-likeness (QED) is 0.464. The number of carbonyl (C=O) groups is 3. The topological polar surface area (TPSA) is 151 Å². The molecule has 5 N–H and O–H groups in total. The van der Waals surface area contributed by atoms with Gasteiger partial charge in [0.15, 0.2) is 0 Å². The van der Waals surface area contributed by atoms with Gasteiger partial charge in [-0.05, 0) is 37.0 Å². The second kappa shape index (κ2) is 9.70. The Morgan fingerprint density at radius 2 is 1.83 bits per heavy atom. The van der Waals surface area contributed by atoms with Crippen LogP contribution in [0.2, 0.25) is 0 Å². The molecule has 0 saturated carbocycles. The predicted octanol–water partition coefficient (Wildman–Crippen LogP) is 0.315. The molecule has 1 aliphatic rings. The minimum atomic E-state index is -3.66. The molecule has 1 fully saturated rings. The molecule has 2 rings (SSSR count). The number of rotatable bonds is 7. The van der Waals surface area contributed by atoms with E-state index < -0.39 is 33.9 Å². The molecule has 0 aliphatic carbocycles. The Morgan fingerprint density at radius 3 is 2.41 bits per heavy atom. The maximum Gasteiger partial charge on any atom is 0.312 e. The Morgan fingerprint density at radius 1 is 1.17 bits per heavy atom. The van der Waals surface area contributed by atoms with Gasteiger partial charge in [0.25, 0.3) is 11.8 Å². The van der Waals surface area contributed by atoms with Crippen LogP contribution in [0.25, 0.3) is 0 Å². The molecular weight excluding hydrogens is 398 g/mol. The summed E-state index contributed by atoms with van der Waals surface area (Å²) in [6.45, 7) is 4.52. The van der Waals surface area contributed by atoms with Crippen LogP contribution in [-0.4, -0.2) is 49.7 Å². The maximum atomic E-state index is 12.6. The first-order valence-corrected chi connectivity index (χ1v) is 10.9. The summed E-state index contributed by atoms with van der Waals surface area (Å²) in [4.78, 5) is 35.8. The van der Waals surface area contributed by atoms with Crippen molar-refractivity contribution in [1.29, 1.82) is 0 Å². The van der Waals surface area contributed by atoms with Crippen molar-refractivity contribution in [2.75, 3.05) is 13.1 Å². The molecule has 1 heterocycles. The van der Waals surface area contributed by atoms with Gasteiger partial charge in [-0.1, -0.05) is 26.3 Å². The van der Waals surface area contributed by atoms with Crippen LogP contribution in [0.4, 0.5) is 4.79 Å².